The highest BCUT2D eigenvalue weighted by Gasteiger charge is 2.23. The Labute approximate surface area is 150 Å². The van der Waals surface area contributed by atoms with Crippen LogP contribution in [0.1, 0.15) is 21.9 Å². The Morgan fingerprint density at radius 3 is 2.88 bits per heavy atom. The molecule has 0 bridgehead atoms. The first-order valence-electron chi connectivity index (χ1n) is 7.40. The number of aryl methyl sites for hydroxylation is 1. The van der Waals surface area contributed by atoms with Crippen molar-refractivity contribution in [3.63, 3.8) is 0 Å². The van der Waals surface area contributed by atoms with Gasteiger partial charge in [-0.1, -0.05) is 16.7 Å². The largest absolute Gasteiger partial charge is 0.317 e. The summed E-state index contributed by atoms with van der Waals surface area (Å²) in [5.41, 5.74) is 1.40. The molecule has 4 rings (SSSR count). The van der Waals surface area contributed by atoms with Crippen LogP contribution in [0.25, 0.3) is 11.6 Å². The number of pyridine rings is 1. The van der Waals surface area contributed by atoms with Crippen molar-refractivity contribution in [2.24, 2.45) is 0 Å². The van der Waals surface area contributed by atoms with Gasteiger partial charge < -0.3 is 5.32 Å². The summed E-state index contributed by atoms with van der Waals surface area (Å²) in [6.45, 7) is 3.41. The Kier molecular flexibility index (Phi) is 3.65. The molecule has 0 aromatic carbocycles. The zero-order valence-electron chi connectivity index (χ0n) is 13.5. The van der Waals surface area contributed by atoms with E-state index in [1.54, 1.807) is 19.9 Å². The van der Waals surface area contributed by atoms with Gasteiger partial charge in [0.2, 0.25) is 5.95 Å². The van der Waals surface area contributed by atoms with E-state index in [1.165, 1.54) is 16.9 Å². The van der Waals surface area contributed by atoms with Crippen LogP contribution in [0.3, 0.4) is 0 Å². The number of carbonyl (C=O) groups excluding carboxylic acids is 1. The molecule has 0 fully saturated rings. The van der Waals surface area contributed by atoms with Crippen LogP contribution < -0.4 is 5.32 Å². The van der Waals surface area contributed by atoms with Crippen molar-refractivity contribution in [2.45, 2.75) is 13.8 Å². The molecule has 0 aliphatic carbocycles. The molecular weight excluding hydrogens is 365 g/mol. The number of aromatic nitrogens is 8. The van der Waals surface area contributed by atoms with Crippen molar-refractivity contribution in [2.75, 3.05) is 5.32 Å². The third kappa shape index (κ3) is 2.49. The topological polar surface area (TPSA) is 119 Å². The van der Waals surface area contributed by atoms with Crippen molar-refractivity contribution in [3.8, 4) is 5.95 Å². The van der Waals surface area contributed by atoms with E-state index in [1.807, 2.05) is 0 Å². The lowest BCUT2D eigenvalue weighted by Crippen LogP contribution is -2.15. The van der Waals surface area contributed by atoms with Gasteiger partial charge in [-0.3, -0.25) is 9.20 Å². The molecule has 132 valence electrons. The standard InChI is InChI=1S/C14H11ClFN9O/c1-6-10(7(2)25(21-6)14-19-22-23-20-14)18-13(26)11-12(16)24-5-8(15)3-4-9(24)17-11/h3-5H,1-2H3,(H,18,26)(H,19,20,22,23). The SMILES string of the molecule is Cc1nn(-c2nn[nH]n2)c(C)c1NC(=O)c1nc2ccc(Cl)cn2c1F. The van der Waals surface area contributed by atoms with Gasteiger partial charge in [-0.05, 0) is 31.2 Å². The molecule has 4 heterocycles. The average Bonchev–Trinajstić information content (AvgIpc) is 3.31. The number of H-pyrrole nitrogens is 1. The minimum atomic E-state index is -0.805. The quantitative estimate of drug-likeness (QED) is 0.562. The molecule has 1 amide bonds. The van der Waals surface area contributed by atoms with E-state index in [0.717, 1.165) is 4.40 Å². The average molecular weight is 376 g/mol. The number of anilines is 1. The second-order valence-electron chi connectivity index (χ2n) is 5.45. The van der Waals surface area contributed by atoms with Crippen LogP contribution in [-0.4, -0.2) is 45.7 Å². The van der Waals surface area contributed by atoms with Crippen LogP contribution in [-0.2, 0) is 0 Å². The number of hydrogen-bond donors (Lipinski definition) is 2. The molecule has 0 spiro atoms. The number of rotatable bonds is 3. The second-order valence-corrected chi connectivity index (χ2v) is 5.89. The smallest absolute Gasteiger partial charge is 0.290 e. The van der Waals surface area contributed by atoms with E-state index in [0.29, 0.717) is 22.1 Å². The molecular formula is C14H11ClFN9O. The number of tetrazole rings is 1. The lowest BCUT2D eigenvalue weighted by molar-refractivity contribution is 0.101. The molecule has 10 nitrogen and oxygen atoms in total. The van der Waals surface area contributed by atoms with Crippen molar-refractivity contribution in [1.82, 2.24) is 39.8 Å². The minimum absolute atomic E-state index is 0.222. The van der Waals surface area contributed by atoms with Crippen LogP contribution in [0.15, 0.2) is 18.3 Å². The molecule has 26 heavy (non-hydrogen) atoms. The first-order chi connectivity index (χ1) is 12.5. The number of nitrogens with zero attached hydrogens (tertiary/aromatic N) is 7. The summed E-state index contributed by atoms with van der Waals surface area (Å²) in [6, 6.07) is 3.08. The van der Waals surface area contributed by atoms with Gasteiger partial charge in [0.15, 0.2) is 5.69 Å². The van der Waals surface area contributed by atoms with Crippen LogP contribution in [0.5, 0.6) is 0 Å². The number of imidazole rings is 1. The Balaban J connectivity index is 1.70. The van der Waals surface area contributed by atoms with Crippen molar-refractivity contribution in [3.05, 3.63) is 46.4 Å². The highest BCUT2D eigenvalue weighted by molar-refractivity contribution is 6.30. The molecule has 0 aliphatic rings. The number of carbonyl (C=O) groups is 1. The normalized spacial score (nSPS) is 11.2. The molecule has 2 N–H and O–H groups in total. The van der Waals surface area contributed by atoms with Crippen LogP contribution >= 0.6 is 11.6 Å². The van der Waals surface area contributed by atoms with Gasteiger partial charge in [-0.25, -0.2) is 4.98 Å². The molecule has 4 aromatic heterocycles. The van der Waals surface area contributed by atoms with E-state index in [4.69, 9.17) is 11.6 Å². The monoisotopic (exact) mass is 375 g/mol. The summed E-state index contributed by atoms with van der Waals surface area (Å²) in [5, 5.41) is 20.7. The van der Waals surface area contributed by atoms with E-state index in [2.05, 4.69) is 36.0 Å². The summed E-state index contributed by atoms with van der Waals surface area (Å²) in [7, 11) is 0. The molecule has 0 aliphatic heterocycles. The number of halogens is 2. The van der Waals surface area contributed by atoms with Crippen LogP contribution in [0.2, 0.25) is 5.02 Å². The maximum Gasteiger partial charge on any atom is 0.290 e. The van der Waals surface area contributed by atoms with Gasteiger partial charge in [0.05, 0.1) is 22.1 Å². The minimum Gasteiger partial charge on any atom is -0.317 e. The van der Waals surface area contributed by atoms with E-state index in [-0.39, 0.29) is 17.3 Å². The second kappa shape index (κ2) is 5.88. The fraction of sp³-hybridized carbons (Fsp3) is 0.143. The van der Waals surface area contributed by atoms with Crippen LogP contribution in [0.4, 0.5) is 10.1 Å². The Bertz CT molecular complexity index is 1130. The molecule has 4 aromatic rings. The van der Waals surface area contributed by atoms with Crippen molar-refractivity contribution >= 4 is 28.8 Å². The molecule has 0 unspecified atom stereocenters. The fourth-order valence-electron chi connectivity index (χ4n) is 2.57. The lowest BCUT2D eigenvalue weighted by atomic mass is 10.3. The molecule has 0 atom stereocenters. The van der Waals surface area contributed by atoms with Gasteiger partial charge in [0, 0.05) is 6.20 Å². The number of fused-ring (bicyclic) bond motifs is 1. The highest BCUT2D eigenvalue weighted by atomic mass is 35.5. The van der Waals surface area contributed by atoms with E-state index in [9.17, 15) is 9.18 Å². The summed E-state index contributed by atoms with van der Waals surface area (Å²) < 4.78 is 17.0. The van der Waals surface area contributed by atoms with Gasteiger partial charge in [-0.2, -0.15) is 19.4 Å². The lowest BCUT2D eigenvalue weighted by Gasteiger charge is -2.04. The Hall–Kier alpha value is -3.34. The summed E-state index contributed by atoms with van der Waals surface area (Å²) in [6.07, 6.45) is 1.35. The zero-order chi connectivity index (χ0) is 18.4. The third-order valence-electron chi connectivity index (χ3n) is 3.79. The molecule has 0 radical (unpaired) electrons. The zero-order valence-corrected chi connectivity index (χ0v) is 14.3. The van der Waals surface area contributed by atoms with E-state index < -0.39 is 11.9 Å². The molecule has 12 heteroatoms. The maximum atomic E-state index is 14.5. The van der Waals surface area contributed by atoms with Gasteiger partial charge in [0.25, 0.3) is 11.9 Å². The predicted octanol–water partition coefficient (Wildman–Crippen LogP) is 1.69. The Morgan fingerprint density at radius 1 is 1.35 bits per heavy atom. The summed E-state index contributed by atoms with van der Waals surface area (Å²) >= 11 is 5.86. The fourth-order valence-corrected chi connectivity index (χ4v) is 2.73. The first kappa shape index (κ1) is 16.1. The van der Waals surface area contributed by atoms with Crippen LogP contribution in [0, 0.1) is 19.8 Å². The molecule has 0 saturated heterocycles. The summed E-state index contributed by atoms with van der Waals surface area (Å²) in [5.74, 6) is -1.29. The van der Waals surface area contributed by atoms with Gasteiger partial charge in [0.1, 0.15) is 5.65 Å². The van der Waals surface area contributed by atoms with Crippen molar-refractivity contribution in [1.29, 1.82) is 0 Å². The third-order valence-corrected chi connectivity index (χ3v) is 4.02. The number of aromatic amines is 1. The Morgan fingerprint density at radius 2 is 2.15 bits per heavy atom. The number of hydrogen-bond acceptors (Lipinski definition) is 6. The highest BCUT2D eigenvalue weighted by Crippen LogP contribution is 2.23. The first-order valence-corrected chi connectivity index (χ1v) is 7.78. The van der Waals surface area contributed by atoms with Gasteiger partial charge >= 0.3 is 0 Å². The van der Waals surface area contributed by atoms with E-state index >= 15 is 0 Å². The van der Waals surface area contributed by atoms with Crippen molar-refractivity contribution < 1.29 is 9.18 Å². The molecule has 0 saturated carbocycles. The summed E-state index contributed by atoms with van der Waals surface area (Å²) in [4.78, 5) is 16.6. The predicted molar refractivity (Wildman–Crippen MR) is 88.9 cm³/mol. The number of amides is 1. The number of nitrogens with one attached hydrogen (secondary N) is 2. The maximum absolute atomic E-state index is 14.5. The van der Waals surface area contributed by atoms with Gasteiger partial charge in [-0.15, -0.1) is 5.10 Å².